The second kappa shape index (κ2) is 6.32. The number of benzene rings is 2. The number of halogens is 1. The molecule has 0 aliphatic heterocycles. The van der Waals surface area contributed by atoms with Gasteiger partial charge in [-0.05, 0) is 52.3 Å². The second-order valence-electron chi connectivity index (χ2n) is 4.36. The minimum Gasteiger partial charge on any atom is -0.399 e. The molecule has 21 heavy (non-hydrogen) atoms. The molecule has 0 fully saturated rings. The van der Waals surface area contributed by atoms with E-state index >= 15 is 0 Å². The maximum absolute atomic E-state index is 5.66. The smallest absolute Gasteiger partial charge is 0.257 e. The molecule has 0 atom stereocenters. The summed E-state index contributed by atoms with van der Waals surface area (Å²) in [5.41, 5.74) is 7.24. The van der Waals surface area contributed by atoms with E-state index in [1.165, 1.54) is 0 Å². The van der Waals surface area contributed by atoms with Gasteiger partial charge in [0.2, 0.25) is 0 Å². The largest absolute Gasteiger partial charge is 0.399 e. The van der Waals surface area contributed by atoms with Crippen molar-refractivity contribution in [2.75, 3.05) is 5.73 Å². The van der Waals surface area contributed by atoms with E-state index in [2.05, 4.69) is 32.1 Å². The topological polar surface area (TPSA) is 64.9 Å². The van der Waals surface area contributed by atoms with Gasteiger partial charge in [-0.3, -0.25) is 0 Å². The van der Waals surface area contributed by atoms with E-state index in [9.17, 15) is 0 Å². The zero-order chi connectivity index (χ0) is 14.7. The van der Waals surface area contributed by atoms with Crippen molar-refractivity contribution in [2.24, 2.45) is 0 Å². The summed E-state index contributed by atoms with van der Waals surface area (Å²) in [5, 5.41) is 4.01. The van der Waals surface area contributed by atoms with Crippen molar-refractivity contribution in [1.29, 1.82) is 0 Å². The van der Waals surface area contributed by atoms with Crippen molar-refractivity contribution >= 4 is 33.4 Å². The van der Waals surface area contributed by atoms with E-state index in [4.69, 9.17) is 10.3 Å². The SMILES string of the molecule is Nc1ccc(-c2nc(CSc3ccccc3Br)no2)cc1. The molecule has 6 heteroatoms. The Balaban J connectivity index is 1.71. The van der Waals surface area contributed by atoms with Crippen LogP contribution in [0.15, 0.2) is 62.4 Å². The quantitative estimate of drug-likeness (QED) is 0.551. The Morgan fingerprint density at radius 3 is 2.62 bits per heavy atom. The Morgan fingerprint density at radius 2 is 1.86 bits per heavy atom. The minimum absolute atomic E-state index is 0.512. The van der Waals surface area contributed by atoms with Gasteiger partial charge in [-0.25, -0.2) is 0 Å². The van der Waals surface area contributed by atoms with Crippen molar-refractivity contribution in [3.63, 3.8) is 0 Å². The highest BCUT2D eigenvalue weighted by Crippen LogP contribution is 2.29. The minimum atomic E-state index is 0.512. The maximum atomic E-state index is 5.66. The molecule has 0 bridgehead atoms. The van der Waals surface area contributed by atoms with E-state index in [1.807, 2.05) is 42.5 Å². The molecule has 1 aromatic heterocycles. The van der Waals surface area contributed by atoms with Gasteiger partial charge in [0, 0.05) is 20.6 Å². The number of aromatic nitrogens is 2. The van der Waals surface area contributed by atoms with Gasteiger partial charge in [0.05, 0.1) is 5.75 Å². The van der Waals surface area contributed by atoms with Crippen LogP contribution in [0.3, 0.4) is 0 Å². The lowest BCUT2D eigenvalue weighted by Gasteiger charge is -2.00. The number of thioether (sulfide) groups is 1. The van der Waals surface area contributed by atoms with E-state index in [0.29, 0.717) is 23.2 Å². The zero-order valence-electron chi connectivity index (χ0n) is 11.0. The normalized spacial score (nSPS) is 10.7. The first kappa shape index (κ1) is 14.2. The van der Waals surface area contributed by atoms with Crippen LogP contribution in [0.25, 0.3) is 11.5 Å². The molecule has 106 valence electrons. The summed E-state index contributed by atoms with van der Waals surface area (Å²) in [4.78, 5) is 5.55. The predicted molar refractivity (Wildman–Crippen MR) is 87.8 cm³/mol. The molecule has 0 amide bonds. The van der Waals surface area contributed by atoms with E-state index in [1.54, 1.807) is 11.8 Å². The number of hydrogen-bond donors (Lipinski definition) is 1. The van der Waals surface area contributed by atoms with Gasteiger partial charge in [0.15, 0.2) is 5.82 Å². The fraction of sp³-hybridized carbons (Fsp3) is 0.0667. The average Bonchev–Trinajstić information content (AvgIpc) is 2.96. The second-order valence-corrected chi connectivity index (χ2v) is 6.23. The van der Waals surface area contributed by atoms with Crippen LogP contribution in [-0.4, -0.2) is 10.1 Å². The summed E-state index contributed by atoms with van der Waals surface area (Å²) in [5.74, 6) is 1.83. The highest BCUT2D eigenvalue weighted by Gasteiger charge is 2.09. The predicted octanol–water partition coefficient (Wildman–Crippen LogP) is 4.37. The summed E-state index contributed by atoms with van der Waals surface area (Å²) >= 11 is 5.18. The lowest BCUT2D eigenvalue weighted by Crippen LogP contribution is -1.86. The van der Waals surface area contributed by atoms with Crippen LogP contribution < -0.4 is 5.73 Å². The van der Waals surface area contributed by atoms with Gasteiger partial charge in [0.25, 0.3) is 5.89 Å². The molecule has 0 aliphatic rings. The molecule has 0 unspecified atom stereocenters. The third kappa shape index (κ3) is 3.46. The first-order valence-corrected chi connectivity index (χ1v) is 8.06. The number of hydrogen-bond acceptors (Lipinski definition) is 5. The van der Waals surface area contributed by atoms with Gasteiger partial charge < -0.3 is 10.3 Å². The van der Waals surface area contributed by atoms with E-state index in [0.717, 1.165) is 14.9 Å². The zero-order valence-corrected chi connectivity index (χ0v) is 13.4. The molecule has 2 N–H and O–H groups in total. The molecular formula is C15H12BrN3OS. The molecule has 2 aromatic carbocycles. The maximum Gasteiger partial charge on any atom is 0.257 e. The van der Waals surface area contributed by atoms with E-state index in [-0.39, 0.29) is 0 Å². The van der Waals surface area contributed by atoms with Gasteiger partial charge in [-0.1, -0.05) is 17.3 Å². The molecule has 3 aromatic rings. The summed E-state index contributed by atoms with van der Waals surface area (Å²) in [7, 11) is 0. The van der Waals surface area contributed by atoms with Crippen LogP contribution in [0.2, 0.25) is 0 Å². The fourth-order valence-electron chi connectivity index (χ4n) is 1.76. The average molecular weight is 362 g/mol. The molecule has 0 aliphatic carbocycles. The van der Waals surface area contributed by atoms with Crippen LogP contribution in [-0.2, 0) is 5.75 Å². The summed E-state index contributed by atoms with van der Waals surface area (Å²) in [6.07, 6.45) is 0. The van der Waals surface area contributed by atoms with Crippen molar-refractivity contribution in [3.8, 4) is 11.5 Å². The van der Waals surface area contributed by atoms with Gasteiger partial charge in [0.1, 0.15) is 0 Å². The fourth-order valence-corrected chi connectivity index (χ4v) is 3.17. The molecule has 4 nitrogen and oxygen atoms in total. The number of nitrogens with zero attached hydrogens (tertiary/aromatic N) is 2. The van der Waals surface area contributed by atoms with Crippen LogP contribution in [0.1, 0.15) is 5.82 Å². The Bertz CT molecular complexity index is 743. The number of rotatable bonds is 4. The molecule has 0 spiro atoms. The number of nitrogens with two attached hydrogens (primary N) is 1. The van der Waals surface area contributed by atoms with Gasteiger partial charge in [-0.15, -0.1) is 11.8 Å². The molecule has 0 saturated heterocycles. The third-order valence-electron chi connectivity index (χ3n) is 2.82. The standard InChI is InChI=1S/C15H12BrN3OS/c16-12-3-1-2-4-13(12)21-9-14-18-15(20-19-14)10-5-7-11(17)8-6-10/h1-8H,9,17H2. The monoisotopic (exact) mass is 361 g/mol. The van der Waals surface area contributed by atoms with Gasteiger partial charge in [-0.2, -0.15) is 4.98 Å². The molecular weight excluding hydrogens is 350 g/mol. The first-order chi connectivity index (χ1) is 10.2. The summed E-state index contributed by atoms with van der Waals surface area (Å²) in [6, 6.07) is 15.4. The molecule has 1 heterocycles. The lowest BCUT2D eigenvalue weighted by atomic mass is 10.2. The summed E-state index contributed by atoms with van der Waals surface area (Å²) < 4.78 is 6.35. The summed E-state index contributed by atoms with van der Waals surface area (Å²) in [6.45, 7) is 0. The Morgan fingerprint density at radius 1 is 1.10 bits per heavy atom. The number of nitrogen functional groups attached to an aromatic ring is 1. The third-order valence-corrected chi connectivity index (χ3v) is 4.84. The van der Waals surface area contributed by atoms with Crippen LogP contribution in [0.5, 0.6) is 0 Å². The van der Waals surface area contributed by atoms with Crippen LogP contribution >= 0.6 is 27.7 Å². The Hall–Kier alpha value is -1.79. The van der Waals surface area contributed by atoms with Crippen molar-refractivity contribution in [2.45, 2.75) is 10.6 Å². The van der Waals surface area contributed by atoms with Crippen molar-refractivity contribution < 1.29 is 4.52 Å². The van der Waals surface area contributed by atoms with Gasteiger partial charge >= 0.3 is 0 Å². The molecule has 0 radical (unpaired) electrons. The van der Waals surface area contributed by atoms with Crippen molar-refractivity contribution in [1.82, 2.24) is 10.1 Å². The van der Waals surface area contributed by atoms with Crippen LogP contribution in [0.4, 0.5) is 5.69 Å². The molecule has 3 rings (SSSR count). The highest BCUT2D eigenvalue weighted by atomic mass is 79.9. The first-order valence-electron chi connectivity index (χ1n) is 6.28. The Kier molecular flexibility index (Phi) is 4.26. The lowest BCUT2D eigenvalue weighted by molar-refractivity contribution is 0.425. The number of anilines is 1. The van der Waals surface area contributed by atoms with Crippen molar-refractivity contribution in [3.05, 3.63) is 58.8 Å². The molecule has 0 saturated carbocycles. The highest BCUT2D eigenvalue weighted by molar-refractivity contribution is 9.10. The van der Waals surface area contributed by atoms with E-state index < -0.39 is 0 Å². The Labute approximate surface area is 134 Å². The van der Waals surface area contributed by atoms with Crippen LogP contribution in [0, 0.1) is 0 Å².